The van der Waals surface area contributed by atoms with E-state index in [1.807, 2.05) is 0 Å². The van der Waals surface area contributed by atoms with Gasteiger partial charge in [0.2, 0.25) is 6.23 Å². The largest absolute Gasteiger partial charge is 0.389 e. The Morgan fingerprint density at radius 3 is 2.00 bits per heavy atom. The first-order chi connectivity index (χ1) is 3.18. The summed E-state index contributed by atoms with van der Waals surface area (Å²) >= 11 is 0. The van der Waals surface area contributed by atoms with E-state index in [4.69, 9.17) is 10.2 Å². The van der Waals surface area contributed by atoms with Gasteiger partial charge < -0.3 is 10.2 Å². The Balaban J connectivity index is 3.33. The van der Waals surface area contributed by atoms with Crippen molar-refractivity contribution in [2.45, 2.75) is 19.3 Å². The van der Waals surface area contributed by atoms with Gasteiger partial charge in [-0.15, -0.1) is 4.91 Å². The Labute approximate surface area is 40.8 Å². The zero-order valence-corrected chi connectivity index (χ0v) is 3.90. The molecule has 0 aromatic heterocycles. The van der Waals surface area contributed by atoms with Crippen LogP contribution in [-0.2, 0) is 0 Å². The first-order valence-electron chi connectivity index (χ1n) is 1.87. The molecule has 0 amide bonds. The van der Waals surface area contributed by atoms with Gasteiger partial charge >= 0.3 is 0 Å². The molecule has 7 heavy (non-hydrogen) atoms. The van der Waals surface area contributed by atoms with E-state index >= 15 is 0 Å². The summed E-state index contributed by atoms with van der Waals surface area (Å²) in [5.74, 6) is 0. The number of hydrogen-bond donors (Lipinski definition) is 2. The van der Waals surface area contributed by atoms with Crippen molar-refractivity contribution in [3.63, 3.8) is 0 Å². The van der Waals surface area contributed by atoms with Crippen LogP contribution >= 0.6 is 0 Å². The summed E-state index contributed by atoms with van der Waals surface area (Å²) in [7, 11) is 0. The van der Waals surface area contributed by atoms with Crippen LogP contribution in [0.1, 0.15) is 6.92 Å². The molecule has 0 aromatic rings. The lowest BCUT2D eigenvalue weighted by Gasteiger charge is -2.00. The van der Waals surface area contributed by atoms with Crippen molar-refractivity contribution in [2.24, 2.45) is 5.18 Å². The van der Waals surface area contributed by atoms with Crippen LogP contribution in [0.3, 0.4) is 0 Å². The maximum atomic E-state index is 9.29. The van der Waals surface area contributed by atoms with E-state index in [0.29, 0.717) is 0 Å². The van der Waals surface area contributed by atoms with Crippen molar-refractivity contribution >= 4 is 0 Å². The van der Waals surface area contributed by atoms with Gasteiger partial charge in [-0.3, -0.25) is 0 Å². The zero-order valence-electron chi connectivity index (χ0n) is 3.90. The second-order valence-corrected chi connectivity index (χ2v) is 1.26. The highest BCUT2D eigenvalue weighted by Gasteiger charge is 2.07. The summed E-state index contributed by atoms with van der Waals surface area (Å²) in [6.45, 7) is 1.28. The fraction of sp³-hybridized carbons (Fsp3) is 1.00. The van der Waals surface area contributed by atoms with Gasteiger partial charge in [0.15, 0.2) is 0 Å². The minimum absolute atomic E-state index is 1.06. The minimum atomic E-state index is -1.47. The molecule has 42 valence electrons. The molecule has 0 rings (SSSR count). The summed E-state index contributed by atoms with van der Waals surface area (Å²) in [6.07, 6.45) is -2.53. The van der Waals surface area contributed by atoms with Gasteiger partial charge in [-0.25, -0.2) is 0 Å². The van der Waals surface area contributed by atoms with E-state index in [1.54, 1.807) is 0 Å². The summed E-state index contributed by atoms with van der Waals surface area (Å²) in [5, 5.41) is 18.6. The van der Waals surface area contributed by atoms with Gasteiger partial charge in [-0.05, 0) is 12.1 Å². The minimum Gasteiger partial charge on any atom is -0.389 e. The van der Waals surface area contributed by atoms with E-state index in [1.165, 1.54) is 6.92 Å². The van der Waals surface area contributed by atoms with Crippen molar-refractivity contribution in [2.75, 3.05) is 0 Å². The molecule has 0 aliphatic rings. The van der Waals surface area contributed by atoms with Crippen LogP contribution in [0, 0.1) is 4.91 Å². The lowest BCUT2D eigenvalue weighted by Crippen LogP contribution is -2.18. The molecule has 4 heteroatoms. The van der Waals surface area contributed by atoms with Gasteiger partial charge in [-0.1, -0.05) is 0 Å². The molecule has 0 heterocycles. The third kappa shape index (κ3) is 2.24. The molecule has 0 spiro atoms. The van der Waals surface area contributed by atoms with Crippen LogP contribution in [0.5, 0.6) is 0 Å². The molecule has 4 nitrogen and oxygen atoms in total. The maximum Gasteiger partial charge on any atom is 0.212 e. The van der Waals surface area contributed by atoms with Crippen molar-refractivity contribution in [3.05, 3.63) is 4.91 Å². The Morgan fingerprint density at radius 2 is 2.00 bits per heavy atom. The standard InChI is InChI=1S/C3H7NO3/c1-2(5)3(6)4-7/h2-3,5-6H,1H3. The molecule has 0 aliphatic carbocycles. The lowest BCUT2D eigenvalue weighted by atomic mass is 10.4. The van der Waals surface area contributed by atoms with Crippen LogP contribution in [0.15, 0.2) is 5.18 Å². The Bertz CT molecular complexity index is 63.2. The molecule has 0 aliphatic heterocycles. The topological polar surface area (TPSA) is 69.9 Å². The predicted octanol–water partition coefficient (Wildman–Crippen LogP) is -0.548. The summed E-state index contributed by atoms with van der Waals surface area (Å²) in [6, 6.07) is 0. The van der Waals surface area contributed by atoms with E-state index in [-0.39, 0.29) is 0 Å². The number of nitrogens with zero attached hydrogens (tertiary/aromatic N) is 1. The fourth-order valence-electron chi connectivity index (χ4n) is 0.0881. The first-order valence-corrected chi connectivity index (χ1v) is 1.87. The van der Waals surface area contributed by atoms with E-state index in [9.17, 15) is 4.91 Å². The summed E-state index contributed by atoms with van der Waals surface area (Å²) in [5.41, 5.74) is 0. The number of rotatable bonds is 2. The molecule has 2 unspecified atom stereocenters. The lowest BCUT2D eigenvalue weighted by molar-refractivity contribution is 0.0365. The molecule has 0 fully saturated rings. The Hall–Kier alpha value is -0.480. The Kier molecular flexibility index (Phi) is 2.47. The molecule has 0 bridgehead atoms. The van der Waals surface area contributed by atoms with Crippen LogP contribution in [-0.4, -0.2) is 22.5 Å². The highest BCUT2D eigenvalue weighted by molar-refractivity contribution is 4.54. The second kappa shape index (κ2) is 2.65. The number of aliphatic hydroxyl groups is 2. The predicted molar refractivity (Wildman–Crippen MR) is 23.5 cm³/mol. The van der Waals surface area contributed by atoms with Gasteiger partial charge in [0.25, 0.3) is 0 Å². The monoisotopic (exact) mass is 105 g/mol. The SMILES string of the molecule is CC(O)C(O)N=O. The normalized spacial score (nSPS) is 18.1. The molecular formula is C3H7NO3. The van der Waals surface area contributed by atoms with Gasteiger partial charge in [0, 0.05) is 0 Å². The smallest absolute Gasteiger partial charge is 0.212 e. The van der Waals surface area contributed by atoms with Crippen LogP contribution < -0.4 is 0 Å². The fourth-order valence-corrected chi connectivity index (χ4v) is 0.0881. The molecule has 2 atom stereocenters. The Morgan fingerprint density at radius 1 is 1.57 bits per heavy atom. The third-order valence-corrected chi connectivity index (χ3v) is 0.539. The van der Waals surface area contributed by atoms with Gasteiger partial charge in [0.05, 0.1) is 0 Å². The van der Waals surface area contributed by atoms with Crippen molar-refractivity contribution in [1.29, 1.82) is 0 Å². The van der Waals surface area contributed by atoms with Crippen LogP contribution in [0.2, 0.25) is 0 Å². The molecule has 0 aromatic carbocycles. The average Bonchev–Trinajstić information content (AvgIpc) is 1.65. The third-order valence-electron chi connectivity index (χ3n) is 0.539. The van der Waals surface area contributed by atoms with Crippen molar-refractivity contribution < 1.29 is 10.2 Å². The van der Waals surface area contributed by atoms with E-state index in [2.05, 4.69) is 5.18 Å². The van der Waals surface area contributed by atoms with Gasteiger partial charge in [0.1, 0.15) is 6.10 Å². The van der Waals surface area contributed by atoms with Crippen molar-refractivity contribution in [1.82, 2.24) is 0 Å². The molecule has 2 N–H and O–H groups in total. The van der Waals surface area contributed by atoms with Crippen LogP contribution in [0.4, 0.5) is 0 Å². The average molecular weight is 105 g/mol. The quantitative estimate of drug-likeness (QED) is 0.463. The number of nitroso groups, excluding NO2 is 1. The highest BCUT2D eigenvalue weighted by atomic mass is 16.4. The van der Waals surface area contributed by atoms with E-state index in [0.717, 1.165) is 0 Å². The number of aliphatic hydroxyl groups excluding tert-OH is 2. The molecule has 0 radical (unpaired) electrons. The van der Waals surface area contributed by atoms with Crippen molar-refractivity contribution in [3.8, 4) is 0 Å². The summed E-state index contributed by atoms with van der Waals surface area (Å²) in [4.78, 5) is 9.29. The van der Waals surface area contributed by atoms with Gasteiger partial charge in [-0.2, -0.15) is 0 Å². The van der Waals surface area contributed by atoms with E-state index < -0.39 is 12.3 Å². The highest BCUT2D eigenvalue weighted by Crippen LogP contribution is 1.89. The molecule has 0 saturated carbocycles. The summed E-state index contributed by atoms with van der Waals surface area (Å²) < 4.78 is 0. The number of hydrogen-bond acceptors (Lipinski definition) is 4. The zero-order chi connectivity index (χ0) is 5.86. The van der Waals surface area contributed by atoms with Crippen LogP contribution in [0.25, 0.3) is 0 Å². The second-order valence-electron chi connectivity index (χ2n) is 1.26. The maximum absolute atomic E-state index is 9.29. The molecular weight excluding hydrogens is 98.0 g/mol. The molecule has 0 saturated heterocycles. The first kappa shape index (κ1) is 6.52.